The van der Waals surface area contributed by atoms with E-state index in [9.17, 15) is 0 Å². The van der Waals surface area contributed by atoms with Gasteiger partial charge in [0.1, 0.15) is 5.82 Å². The third kappa shape index (κ3) is 3.20. The van der Waals surface area contributed by atoms with Crippen molar-refractivity contribution >= 4 is 5.82 Å². The Labute approximate surface area is 97.5 Å². The second kappa shape index (κ2) is 5.85. The monoisotopic (exact) mass is 219 g/mol. The molecule has 0 unspecified atom stereocenters. The number of nitrogens with zero attached hydrogens (tertiary/aromatic N) is 1. The van der Waals surface area contributed by atoms with E-state index in [0.29, 0.717) is 6.54 Å². The lowest BCUT2D eigenvalue weighted by molar-refractivity contribution is 0.373. The number of anilines is 1. The minimum atomic E-state index is 0.565. The van der Waals surface area contributed by atoms with Crippen molar-refractivity contribution < 1.29 is 0 Å². The van der Waals surface area contributed by atoms with E-state index in [0.717, 1.165) is 23.8 Å². The van der Waals surface area contributed by atoms with Gasteiger partial charge in [-0.1, -0.05) is 25.3 Å². The Morgan fingerprint density at radius 3 is 2.69 bits per heavy atom. The molecule has 0 aromatic carbocycles. The van der Waals surface area contributed by atoms with Crippen molar-refractivity contribution in [1.82, 2.24) is 4.98 Å². The maximum Gasteiger partial charge on any atom is 0.125 e. The largest absolute Gasteiger partial charge is 0.370 e. The van der Waals surface area contributed by atoms with Crippen LogP contribution in [0.3, 0.4) is 0 Å². The number of hydrogen-bond acceptors (Lipinski definition) is 3. The molecule has 1 aliphatic rings. The summed E-state index contributed by atoms with van der Waals surface area (Å²) in [7, 11) is 0. The van der Waals surface area contributed by atoms with Crippen LogP contribution < -0.4 is 11.1 Å². The molecule has 1 fully saturated rings. The maximum atomic E-state index is 5.53. The molecule has 3 N–H and O–H groups in total. The predicted octanol–water partition coefficient (Wildman–Crippen LogP) is 2.53. The first-order valence-corrected chi connectivity index (χ1v) is 6.27. The molecule has 88 valence electrons. The van der Waals surface area contributed by atoms with E-state index in [1.54, 1.807) is 0 Å². The Balaban J connectivity index is 1.79. The van der Waals surface area contributed by atoms with Crippen molar-refractivity contribution in [2.45, 2.75) is 38.6 Å². The molecule has 0 atom stereocenters. The van der Waals surface area contributed by atoms with E-state index in [2.05, 4.69) is 10.3 Å². The SMILES string of the molecule is NCc1ccc(NCC2CCCCC2)nc1. The van der Waals surface area contributed by atoms with Crippen molar-refractivity contribution in [3.8, 4) is 0 Å². The smallest absolute Gasteiger partial charge is 0.125 e. The topological polar surface area (TPSA) is 50.9 Å². The molecular weight excluding hydrogens is 198 g/mol. The van der Waals surface area contributed by atoms with Crippen molar-refractivity contribution in [2.24, 2.45) is 11.7 Å². The van der Waals surface area contributed by atoms with Crippen LogP contribution in [0.4, 0.5) is 5.82 Å². The summed E-state index contributed by atoms with van der Waals surface area (Å²) in [6, 6.07) is 4.06. The molecule has 0 aliphatic heterocycles. The second-order valence-electron chi connectivity index (χ2n) is 4.64. The van der Waals surface area contributed by atoms with E-state index in [-0.39, 0.29) is 0 Å². The van der Waals surface area contributed by atoms with Gasteiger partial charge in [-0.25, -0.2) is 4.98 Å². The van der Waals surface area contributed by atoms with Crippen LogP contribution >= 0.6 is 0 Å². The third-order valence-electron chi connectivity index (χ3n) is 3.36. The molecule has 3 heteroatoms. The average Bonchev–Trinajstić information content (AvgIpc) is 2.38. The van der Waals surface area contributed by atoms with Gasteiger partial charge >= 0.3 is 0 Å². The zero-order valence-corrected chi connectivity index (χ0v) is 9.78. The van der Waals surface area contributed by atoms with Crippen LogP contribution in [0.5, 0.6) is 0 Å². The van der Waals surface area contributed by atoms with Crippen LogP contribution in [0.15, 0.2) is 18.3 Å². The van der Waals surface area contributed by atoms with E-state index < -0.39 is 0 Å². The molecular formula is C13H21N3. The Bertz CT molecular complexity index is 301. The van der Waals surface area contributed by atoms with Gasteiger partial charge in [0.15, 0.2) is 0 Å². The number of hydrogen-bond donors (Lipinski definition) is 2. The molecule has 16 heavy (non-hydrogen) atoms. The predicted molar refractivity (Wildman–Crippen MR) is 67.2 cm³/mol. The van der Waals surface area contributed by atoms with E-state index in [4.69, 9.17) is 5.73 Å². The van der Waals surface area contributed by atoms with Crippen LogP contribution in [0.25, 0.3) is 0 Å². The molecule has 1 heterocycles. The van der Waals surface area contributed by atoms with Crippen molar-refractivity contribution in [3.05, 3.63) is 23.9 Å². The summed E-state index contributed by atoms with van der Waals surface area (Å²) < 4.78 is 0. The van der Waals surface area contributed by atoms with Crippen LogP contribution in [-0.2, 0) is 6.54 Å². The molecule has 0 amide bonds. The summed E-state index contributed by atoms with van der Waals surface area (Å²) in [5, 5.41) is 3.41. The zero-order valence-electron chi connectivity index (χ0n) is 9.78. The summed E-state index contributed by atoms with van der Waals surface area (Å²) >= 11 is 0. The Morgan fingerprint density at radius 1 is 1.25 bits per heavy atom. The molecule has 1 saturated carbocycles. The number of nitrogens with two attached hydrogens (primary N) is 1. The maximum absolute atomic E-state index is 5.53. The van der Waals surface area contributed by atoms with Crippen molar-refractivity contribution in [3.63, 3.8) is 0 Å². The number of rotatable bonds is 4. The summed E-state index contributed by atoms with van der Waals surface area (Å²) in [4.78, 5) is 4.34. The number of aromatic nitrogens is 1. The van der Waals surface area contributed by atoms with Gasteiger partial charge in [0, 0.05) is 19.3 Å². The highest BCUT2D eigenvalue weighted by Gasteiger charge is 2.12. The first-order chi connectivity index (χ1) is 7.88. The third-order valence-corrected chi connectivity index (χ3v) is 3.36. The molecule has 3 nitrogen and oxygen atoms in total. The lowest BCUT2D eigenvalue weighted by Gasteiger charge is -2.21. The Kier molecular flexibility index (Phi) is 4.17. The standard InChI is InChI=1S/C13H21N3/c14-8-12-6-7-13(16-10-12)15-9-11-4-2-1-3-5-11/h6-7,10-11H,1-5,8-9,14H2,(H,15,16). The van der Waals surface area contributed by atoms with Gasteiger partial charge in [0.2, 0.25) is 0 Å². The average molecular weight is 219 g/mol. The second-order valence-corrected chi connectivity index (χ2v) is 4.64. The molecule has 0 saturated heterocycles. The highest BCUT2D eigenvalue weighted by atomic mass is 15.0. The molecule has 1 aliphatic carbocycles. The molecule has 2 rings (SSSR count). The lowest BCUT2D eigenvalue weighted by atomic mass is 9.89. The van der Waals surface area contributed by atoms with Gasteiger partial charge in [-0.05, 0) is 30.4 Å². The minimum absolute atomic E-state index is 0.565. The minimum Gasteiger partial charge on any atom is -0.370 e. The van der Waals surface area contributed by atoms with E-state index in [1.807, 2.05) is 18.3 Å². The van der Waals surface area contributed by atoms with E-state index >= 15 is 0 Å². The highest BCUT2D eigenvalue weighted by molar-refractivity contribution is 5.35. The molecule has 1 aromatic rings. The fraction of sp³-hybridized carbons (Fsp3) is 0.615. The summed E-state index contributed by atoms with van der Waals surface area (Å²) in [5.74, 6) is 1.81. The van der Waals surface area contributed by atoms with Gasteiger partial charge in [0.25, 0.3) is 0 Å². The van der Waals surface area contributed by atoms with E-state index in [1.165, 1.54) is 32.1 Å². The van der Waals surface area contributed by atoms with Gasteiger partial charge in [-0.2, -0.15) is 0 Å². The zero-order chi connectivity index (χ0) is 11.2. The molecule has 0 radical (unpaired) electrons. The molecule has 1 aromatic heterocycles. The first kappa shape index (κ1) is 11.4. The molecule has 0 bridgehead atoms. The Hall–Kier alpha value is -1.09. The van der Waals surface area contributed by atoms with Crippen LogP contribution in [0, 0.1) is 5.92 Å². The highest BCUT2D eigenvalue weighted by Crippen LogP contribution is 2.23. The summed E-state index contributed by atoms with van der Waals surface area (Å²) in [6.07, 6.45) is 8.79. The lowest BCUT2D eigenvalue weighted by Crippen LogP contribution is -2.17. The quantitative estimate of drug-likeness (QED) is 0.818. The Morgan fingerprint density at radius 2 is 2.06 bits per heavy atom. The van der Waals surface area contributed by atoms with Crippen LogP contribution in [-0.4, -0.2) is 11.5 Å². The van der Waals surface area contributed by atoms with Crippen molar-refractivity contribution in [2.75, 3.05) is 11.9 Å². The van der Waals surface area contributed by atoms with Crippen LogP contribution in [0.1, 0.15) is 37.7 Å². The van der Waals surface area contributed by atoms with Gasteiger partial charge in [-0.15, -0.1) is 0 Å². The normalized spacial score (nSPS) is 17.3. The fourth-order valence-electron chi connectivity index (χ4n) is 2.29. The molecule has 0 spiro atoms. The van der Waals surface area contributed by atoms with Crippen LogP contribution in [0.2, 0.25) is 0 Å². The first-order valence-electron chi connectivity index (χ1n) is 6.27. The number of pyridine rings is 1. The van der Waals surface area contributed by atoms with Gasteiger partial charge in [0.05, 0.1) is 0 Å². The summed E-state index contributed by atoms with van der Waals surface area (Å²) in [5.41, 5.74) is 6.62. The fourth-order valence-corrected chi connectivity index (χ4v) is 2.29. The number of nitrogens with one attached hydrogen (secondary N) is 1. The van der Waals surface area contributed by atoms with Gasteiger partial charge in [-0.3, -0.25) is 0 Å². The summed E-state index contributed by atoms with van der Waals surface area (Å²) in [6.45, 7) is 1.63. The van der Waals surface area contributed by atoms with Crippen molar-refractivity contribution in [1.29, 1.82) is 0 Å². The van der Waals surface area contributed by atoms with Gasteiger partial charge < -0.3 is 11.1 Å².